The molecule has 20 heavy (non-hydrogen) atoms. The average molecular weight is 275 g/mol. The van der Waals surface area contributed by atoms with Crippen molar-refractivity contribution >= 4 is 11.7 Å². The van der Waals surface area contributed by atoms with Gasteiger partial charge in [0.15, 0.2) is 0 Å². The molecule has 1 fully saturated rings. The van der Waals surface area contributed by atoms with E-state index in [9.17, 15) is 4.79 Å². The van der Waals surface area contributed by atoms with Gasteiger partial charge in [-0.1, -0.05) is 19.8 Å². The van der Waals surface area contributed by atoms with E-state index >= 15 is 0 Å². The number of aromatic nitrogens is 1. The molecule has 1 atom stereocenters. The van der Waals surface area contributed by atoms with Crippen LogP contribution in [0.1, 0.15) is 55.6 Å². The summed E-state index contributed by atoms with van der Waals surface area (Å²) in [4.78, 5) is 16.7. The molecule has 4 heteroatoms. The molecule has 1 aliphatic rings. The first kappa shape index (κ1) is 14.8. The van der Waals surface area contributed by atoms with Crippen molar-refractivity contribution in [1.29, 1.82) is 0 Å². The predicted octanol–water partition coefficient (Wildman–Crippen LogP) is 3.13. The fourth-order valence-electron chi connectivity index (χ4n) is 2.42. The lowest BCUT2D eigenvalue weighted by atomic mass is 10.1. The molecule has 0 aromatic carbocycles. The van der Waals surface area contributed by atoms with E-state index in [0.29, 0.717) is 11.6 Å². The summed E-state index contributed by atoms with van der Waals surface area (Å²) in [5.41, 5.74) is 1.56. The largest absolute Gasteiger partial charge is 0.370 e. The van der Waals surface area contributed by atoms with E-state index in [-0.39, 0.29) is 5.91 Å². The summed E-state index contributed by atoms with van der Waals surface area (Å²) in [6.45, 7) is 6.87. The second-order valence-corrected chi connectivity index (χ2v) is 5.67. The van der Waals surface area contributed by atoms with Crippen molar-refractivity contribution in [1.82, 2.24) is 10.3 Å². The average Bonchev–Trinajstić information content (AvgIpc) is 3.21. The molecule has 1 unspecified atom stereocenters. The Morgan fingerprint density at radius 2 is 2.15 bits per heavy atom. The highest BCUT2D eigenvalue weighted by Crippen LogP contribution is 2.34. The molecule has 1 saturated carbocycles. The van der Waals surface area contributed by atoms with E-state index in [1.54, 1.807) is 0 Å². The number of nitrogens with one attached hydrogen (secondary N) is 2. The molecular formula is C16H25N3O. The van der Waals surface area contributed by atoms with Gasteiger partial charge in [0.25, 0.3) is 5.91 Å². The SMILES string of the molecule is CCNc1cc(C(=O)NC(CC)CC2CC2)cc(C)n1. The number of carbonyl (C=O) groups is 1. The van der Waals surface area contributed by atoms with Gasteiger partial charge in [-0.2, -0.15) is 0 Å². The Balaban J connectivity index is 2.02. The molecule has 2 rings (SSSR count). The lowest BCUT2D eigenvalue weighted by molar-refractivity contribution is 0.0932. The monoisotopic (exact) mass is 275 g/mol. The highest BCUT2D eigenvalue weighted by molar-refractivity contribution is 5.95. The summed E-state index contributed by atoms with van der Waals surface area (Å²) in [5, 5.41) is 6.32. The molecule has 0 spiro atoms. The minimum Gasteiger partial charge on any atom is -0.370 e. The molecule has 4 nitrogen and oxygen atoms in total. The molecule has 0 bridgehead atoms. The number of hydrogen-bond donors (Lipinski definition) is 2. The number of carbonyl (C=O) groups excluding carboxylic acids is 1. The van der Waals surface area contributed by atoms with E-state index in [4.69, 9.17) is 0 Å². The van der Waals surface area contributed by atoms with Gasteiger partial charge in [-0.3, -0.25) is 4.79 Å². The van der Waals surface area contributed by atoms with E-state index in [2.05, 4.69) is 22.5 Å². The highest BCUT2D eigenvalue weighted by atomic mass is 16.1. The number of rotatable bonds is 7. The first-order valence-corrected chi connectivity index (χ1v) is 7.65. The van der Waals surface area contributed by atoms with E-state index in [0.717, 1.165) is 36.8 Å². The van der Waals surface area contributed by atoms with Gasteiger partial charge in [0.05, 0.1) is 0 Å². The Labute approximate surface area is 121 Å². The van der Waals surface area contributed by atoms with Crippen LogP contribution in [-0.4, -0.2) is 23.5 Å². The standard InChI is InChI=1S/C16H25N3O/c1-4-14(9-12-6-7-12)19-16(20)13-8-11(3)18-15(10-13)17-5-2/h8,10,12,14H,4-7,9H2,1-3H3,(H,17,18)(H,19,20). The van der Waals surface area contributed by atoms with Gasteiger partial charge >= 0.3 is 0 Å². The van der Waals surface area contributed by atoms with Gasteiger partial charge in [0, 0.05) is 23.8 Å². The number of aryl methyl sites for hydroxylation is 1. The van der Waals surface area contributed by atoms with Crippen molar-refractivity contribution < 1.29 is 4.79 Å². The van der Waals surface area contributed by atoms with Crippen LogP contribution in [0.4, 0.5) is 5.82 Å². The third-order valence-electron chi connectivity index (χ3n) is 3.72. The second kappa shape index (κ2) is 6.73. The van der Waals surface area contributed by atoms with Crippen LogP contribution in [0.25, 0.3) is 0 Å². The smallest absolute Gasteiger partial charge is 0.251 e. The van der Waals surface area contributed by atoms with Gasteiger partial charge < -0.3 is 10.6 Å². The minimum atomic E-state index is 0.0159. The van der Waals surface area contributed by atoms with Crippen molar-refractivity contribution in [2.45, 2.75) is 52.5 Å². The van der Waals surface area contributed by atoms with Crippen LogP contribution in [0.2, 0.25) is 0 Å². The Kier molecular flexibility index (Phi) is 4.99. The summed E-state index contributed by atoms with van der Waals surface area (Å²) in [6, 6.07) is 3.97. The maximum atomic E-state index is 12.4. The molecule has 1 aromatic heterocycles. The Bertz CT molecular complexity index is 469. The minimum absolute atomic E-state index is 0.0159. The van der Waals surface area contributed by atoms with Crippen molar-refractivity contribution in [3.63, 3.8) is 0 Å². The van der Waals surface area contributed by atoms with Crippen molar-refractivity contribution in [3.05, 3.63) is 23.4 Å². The van der Waals surface area contributed by atoms with Crippen molar-refractivity contribution in [3.8, 4) is 0 Å². The fraction of sp³-hybridized carbons (Fsp3) is 0.625. The molecule has 1 amide bonds. The predicted molar refractivity (Wildman–Crippen MR) is 82.0 cm³/mol. The molecule has 1 aromatic rings. The van der Waals surface area contributed by atoms with Crippen molar-refractivity contribution in [2.75, 3.05) is 11.9 Å². The number of hydrogen-bond acceptors (Lipinski definition) is 3. The molecular weight excluding hydrogens is 250 g/mol. The Morgan fingerprint density at radius 3 is 2.75 bits per heavy atom. The summed E-state index contributed by atoms with van der Waals surface area (Å²) in [5.74, 6) is 1.62. The number of pyridine rings is 1. The van der Waals surface area contributed by atoms with Gasteiger partial charge in [0.1, 0.15) is 5.82 Å². The number of anilines is 1. The molecule has 110 valence electrons. The normalized spacial score (nSPS) is 15.8. The zero-order valence-electron chi connectivity index (χ0n) is 12.7. The third kappa shape index (κ3) is 4.22. The van der Waals surface area contributed by atoms with Crippen molar-refractivity contribution in [2.24, 2.45) is 5.92 Å². The first-order valence-electron chi connectivity index (χ1n) is 7.65. The zero-order chi connectivity index (χ0) is 14.5. The molecule has 1 aliphatic carbocycles. The summed E-state index contributed by atoms with van der Waals surface area (Å²) < 4.78 is 0. The topological polar surface area (TPSA) is 54.0 Å². The fourth-order valence-corrected chi connectivity index (χ4v) is 2.42. The van der Waals surface area contributed by atoms with E-state index in [1.807, 2.05) is 26.0 Å². The highest BCUT2D eigenvalue weighted by Gasteiger charge is 2.25. The van der Waals surface area contributed by atoms with Gasteiger partial charge in [0.2, 0.25) is 0 Å². The van der Waals surface area contributed by atoms with Crippen LogP contribution < -0.4 is 10.6 Å². The molecule has 2 N–H and O–H groups in total. The molecule has 0 radical (unpaired) electrons. The van der Waals surface area contributed by atoms with E-state index in [1.165, 1.54) is 12.8 Å². The molecule has 0 saturated heterocycles. The quantitative estimate of drug-likeness (QED) is 0.804. The summed E-state index contributed by atoms with van der Waals surface area (Å²) in [7, 11) is 0. The summed E-state index contributed by atoms with van der Waals surface area (Å²) in [6.07, 6.45) is 4.76. The van der Waals surface area contributed by atoms with Gasteiger partial charge in [-0.25, -0.2) is 4.98 Å². The zero-order valence-corrected chi connectivity index (χ0v) is 12.7. The maximum absolute atomic E-state index is 12.4. The van der Waals surface area contributed by atoms with Gasteiger partial charge in [-0.15, -0.1) is 0 Å². The lowest BCUT2D eigenvalue weighted by Gasteiger charge is -2.17. The first-order chi connectivity index (χ1) is 9.62. The van der Waals surface area contributed by atoms with E-state index < -0.39 is 0 Å². The number of nitrogens with zero attached hydrogens (tertiary/aromatic N) is 1. The van der Waals surface area contributed by atoms with Crippen LogP contribution >= 0.6 is 0 Å². The Morgan fingerprint density at radius 1 is 1.40 bits per heavy atom. The van der Waals surface area contributed by atoms with Crippen LogP contribution in [0.3, 0.4) is 0 Å². The molecule has 1 heterocycles. The maximum Gasteiger partial charge on any atom is 0.251 e. The van der Waals surface area contributed by atoms with Crippen LogP contribution in [0.15, 0.2) is 12.1 Å². The lowest BCUT2D eigenvalue weighted by Crippen LogP contribution is -2.34. The van der Waals surface area contributed by atoms with Crippen LogP contribution in [0.5, 0.6) is 0 Å². The van der Waals surface area contributed by atoms with Crippen LogP contribution in [-0.2, 0) is 0 Å². The van der Waals surface area contributed by atoms with Gasteiger partial charge in [-0.05, 0) is 44.7 Å². The van der Waals surface area contributed by atoms with Crippen LogP contribution in [0, 0.1) is 12.8 Å². The summed E-state index contributed by atoms with van der Waals surface area (Å²) >= 11 is 0. The number of amides is 1. The second-order valence-electron chi connectivity index (χ2n) is 5.67. The Hall–Kier alpha value is -1.58. The molecule has 0 aliphatic heterocycles. The third-order valence-corrected chi connectivity index (χ3v) is 3.72.